The Morgan fingerprint density at radius 2 is 2.23 bits per heavy atom. The maximum absolute atomic E-state index is 14.8. The van der Waals surface area contributed by atoms with Crippen LogP contribution in [-0.2, 0) is 16.1 Å². The highest BCUT2D eigenvalue weighted by molar-refractivity contribution is 7.09. The molecule has 1 fully saturated rings. The smallest absolute Gasteiger partial charge is 0.414 e. The first-order valence-electron chi connectivity index (χ1n) is 9.60. The largest absolute Gasteiger partial charge is 0.442 e. The summed E-state index contributed by atoms with van der Waals surface area (Å²) < 4.78 is 20.1. The standard InChI is InChI=1S/C20H22FN5O3S/c1-14(27)22-10-16-11-26(20(28)29-16)15-4-5-19(18(21)9-15)24-6-7-25(23-13-24)12-17-3-2-8-30-17/h2-5,8-9,13,16H,6-7,10-12H2,1H3,(H,22,27)/t16-/m0/s1. The number of hydrogen-bond acceptors (Lipinski definition) is 7. The number of anilines is 2. The lowest BCUT2D eigenvalue weighted by atomic mass is 10.2. The molecule has 2 amide bonds. The van der Waals surface area contributed by atoms with Crippen LogP contribution in [0.3, 0.4) is 0 Å². The lowest BCUT2D eigenvalue weighted by Crippen LogP contribution is -2.38. The summed E-state index contributed by atoms with van der Waals surface area (Å²) in [7, 11) is 0. The molecule has 10 heteroatoms. The predicted molar refractivity (Wildman–Crippen MR) is 113 cm³/mol. The van der Waals surface area contributed by atoms with Crippen molar-refractivity contribution in [1.29, 1.82) is 0 Å². The first kappa shape index (κ1) is 20.1. The van der Waals surface area contributed by atoms with Gasteiger partial charge >= 0.3 is 6.09 Å². The average Bonchev–Trinajstić information content (AvgIpc) is 3.36. The fourth-order valence-corrected chi connectivity index (χ4v) is 4.06. The number of nitrogens with zero attached hydrogens (tertiary/aromatic N) is 4. The van der Waals surface area contributed by atoms with E-state index in [0.29, 0.717) is 24.5 Å². The van der Waals surface area contributed by atoms with E-state index in [1.165, 1.54) is 22.8 Å². The molecular formula is C20H22FN5O3S. The van der Waals surface area contributed by atoms with Gasteiger partial charge in [-0.05, 0) is 29.6 Å². The molecule has 0 spiro atoms. The zero-order valence-electron chi connectivity index (χ0n) is 16.5. The van der Waals surface area contributed by atoms with E-state index in [2.05, 4.69) is 16.5 Å². The van der Waals surface area contributed by atoms with Crippen molar-refractivity contribution in [3.05, 3.63) is 46.4 Å². The molecule has 2 aliphatic rings. The maximum atomic E-state index is 14.8. The number of benzene rings is 1. The minimum atomic E-state index is -0.554. The average molecular weight is 431 g/mol. The Kier molecular flexibility index (Phi) is 5.84. The number of cyclic esters (lactones) is 1. The molecule has 30 heavy (non-hydrogen) atoms. The SMILES string of the molecule is CC(=O)NC[C@H]1CN(c2ccc(N3C=NN(Cc4cccs4)CC3)c(F)c2)C(=O)O1. The highest BCUT2D eigenvalue weighted by Gasteiger charge is 2.33. The van der Waals surface area contributed by atoms with Crippen LogP contribution in [0.4, 0.5) is 20.6 Å². The van der Waals surface area contributed by atoms with E-state index < -0.39 is 18.0 Å². The quantitative estimate of drug-likeness (QED) is 0.761. The summed E-state index contributed by atoms with van der Waals surface area (Å²) in [6.07, 6.45) is 0.608. The van der Waals surface area contributed by atoms with Crippen molar-refractivity contribution in [2.45, 2.75) is 19.6 Å². The van der Waals surface area contributed by atoms with Crippen molar-refractivity contribution in [3.8, 4) is 0 Å². The van der Waals surface area contributed by atoms with E-state index in [4.69, 9.17) is 4.74 Å². The predicted octanol–water partition coefficient (Wildman–Crippen LogP) is 2.61. The van der Waals surface area contributed by atoms with E-state index in [-0.39, 0.29) is 19.0 Å². The molecule has 1 aromatic heterocycles. The Bertz CT molecular complexity index is 952. The molecular weight excluding hydrogens is 409 g/mol. The summed E-state index contributed by atoms with van der Waals surface area (Å²) in [5.74, 6) is -0.638. The van der Waals surface area contributed by atoms with Crippen LogP contribution in [0.1, 0.15) is 11.8 Å². The van der Waals surface area contributed by atoms with Gasteiger partial charge in [0.2, 0.25) is 5.91 Å². The second-order valence-corrected chi connectivity index (χ2v) is 8.11. The van der Waals surface area contributed by atoms with Gasteiger partial charge in [-0.25, -0.2) is 9.18 Å². The summed E-state index contributed by atoms with van der Waals surface area (Å²) in [6, 6.07) is 8.72. The maximum Gasteiger partial charge on any atom is 0.414 e. The van der Waals surface area contributed by atoms with Gasteiger partial charge < -0.3 is 15.0 Å². The molecule has 4 rings (SSSR count). The van der Waals surface area contributed by atoms with E-state index in [1.807, 2.05) is 16.5 Å². The molecule has 0 bridgehead atoms. The Morgan fingerprint density at radius 3 is 2.90 bits per heavy atom. The summed E-state index contributed by atoms with van der Waals surface area (Å²) >= 11 is 1.68. The number of amides is 2. The molecule has 1 atom stereocenters. The van der Waals surface area contributed by atoms with Crippen LogP contribution in [0.15, 0.2) is 40.8 Å². The number of nitrogens with one attached hydrogen (secondary N) is 1. The van der Waals surface area contributed by atoms with Crippen LogP contribution in [0.25, 0.3) is 0 Å². The number of halogens is 1. The molecule has 2 aromatic rings. The van der Waals surface area contributed by atoms with Crippen LogP contribution in [0, 0.1) is 5.82 Å². The molecule has 0 radical (unpaired) electrons. The number of carbonyl (C=O) groups excluding carboxylic acids is 2. The zero-order valence-corrected chi connectivity index (χ0v) is 17.3. The summed E-state index contributed by atoms with van der Waals surface area (Å²) in [5, 5.41) is 11.0. The number of hydrogen-bond donors (Lipinski definition) is 1. The highest BCUT2D eigenvalue weighted by Crippen LogP contribution is 2.28. The van der Waals surface area contributed by atoms with Crippen LogP contribution in [0.2, 0.25) is 0 Å². The van der Waals surface area contributed by atoms with Crippen LogP contribution >= 0.6 is 11.3 Å². The third-order valence-corrected chi connectivity index (χ3v) is 5.74. The van der Waals surface area contributed by atoms with Gasteiger partial charge in [-0.15, -0.1) is 11.3 Å². The van der Waals surface area contributed by atoms with Crippen molar-refractivity contribution < 1.29 is 18.7 Å². The highest BCUT2D eigenvalue weighted by atomic mass is 32.1. The Morgan fingerprint density at radius 1 is 1.37 bits per heavy atom. The Hall–Kier alpha value is -3.14. The van der Waals surface area contributed by atoms with Gasteiger partial charge in [-0.2, -0.15) is 5.10 Å². The second-order valence-electron chi connectivity index (χ2n) is 7.08. The molecule has 3 heterocycles. The summed E-state index contributed by atoms with van der Waals surface area (Å²) in [6.45, 7) is 3.90. The number of carbonyl (C=O) groups is 2. The molecule has 1 N–H and O–H groups in total. The summed E-state index contributed by atoms with van der Waals surface area (Å²) in [5.41, 5.74) is 0.820. The molecule has 158 valence electrons. The van der Waals surface area contributed by atoms with Crippen molar-refractivity contribution >= 4 is 41.1 Å². The third kappa shape index (κ3) is 4.54. The monoisotopic (exact) mass is 431 g/mol. The van der Waals surface area contributed by atoms with Crippen LogP contribution in [-0.4, -0.2) is 55.6 Å². The second kappa shape index (κ2) is 8.70. The molecule has 0 unspecified atom stereocenters. The van der Waals surface area contributed by atoms with Crippen molar-refractivity contribution in [2.24, 2.45) is 5.10 Å². The molecule has 0 saturated carbocycles. The topological polar surface area (TPSA) is 77.5 Å². The van der Waals surface area contributed by atoms with E-state index in [9.17, 15) is 14.0 Å². The molecule has 8 nitrogen and oxygen atoms in total. The third-order valence-electron chi connectivity index (χ3n) is 4.88. The van der Waals surface area contributed by atoms with Gasteiger partial charge in [0.05, 0.1) is 37.6 Å². The molecule has 2 aliphatic heterocycles. The number of hydrazone groups is 1. The molecule has 1 aromatic carbocycles. The fraction of sp³-hybridized carbons (Fsp3) is 0.350. The summed E-state index contributed by atoms with van der Waals surface area (Å²) in [4.78, 5) is 27.5. The number of rotatable bonds is 6. The van der Waals surface area contributed by atoms with Crippen LogP contribution < -0.4 is 15.1 Å². The van der Waals surface area contributed by atoms with E-state index in [0.717, 1.165) is 6.54 Å². The van der Waals surface area contributed by atoms with E-state index >= 15 is 0 Å². The Balaban J connectivity index is 1.40. The van der Waals surface area contributed by atoms with Gasteiger partial charge in [-0.1, -0.05) is 6.07 Å². The van der Waals surface area contributed by atoms with Crippen molar-refractivity contribution in [2.75, 3.05) is 36.0 Å². The van der Waals surface area contributed by atoms with Gasteiger partial charge in [-0.3, -0.25) is 14.7 Å². The molecule has 0 aliphatic carbocycles. The number of thiophene rings is 1. The van der Waals surface area contributed by atoms with Gasteiger partial charge in [0, 0.05) is 18.3 Å². The van der Waals surface area contributed by atoms with Crippen molar-refractivity contribution in [3.63, 3.8) is 0 Å². The van der Waals surface area contributed by atoms with Gasteiger partial charge in [0.25, 0.3) is 0 Å². The lowest BCUT2D eigenvalue weighted by molar-refractivity contribution is -0.119. The minimum absolute atomic E-state index is 0.197. The lowest BCUT2D eigenvalue weighted by Gasteiger charge is -2.30. The normalized spacial score (nSPS) is 18.7. The van der Waals surface area contributed by atoms with Gasteiger partial charge in [0.1, 0.15) is 18.3 Å². The van der Waals surface area contributed by atoms with Crippen LogP contribution in [0.5, 0.6) is 0 Å². The zero-order chi connectivity index (χ0) is 21.1. The van der Waals surface area contributed by atoms with Crippen molar-refractivity contribution in [1.82, 2.24) is 10.3 Å². The van der Waals surface area contributed by atoms with Gasteiger partial charge in [0.15, 0.2) is 0 Å². The fourth-order valence-electron chi connectivity index (χ4n) is 3.35. The first-order chi connectivity index (χ1) is 14.5. The Labute approximate surface area is 177 Å². The first-order valence-corrected chi connectivity index (χ1v) is 10.5. The van der Waals surface area contributed by atoms with E-state index in [1.54, 1.807) is 34.7 Å². The molecule has 1 saturated heterocycles. The minimum Gasteiger partial charge on any atom is -0.442 e. The number of ether oxygens (including phenoxy) is 1.